The maximum absolute atomic E-state index is 9.97. The van der Waals surface area contributed by atoms with E-state index >= 15 is 0 Å². The van der Waals surface area contributed by atoms with Crippen LogP contribution in [-0.2, 0) is 13.9 Å². The Hall–Kier alpha value is -1.50. The van der Waals surface area contributed by atoms with E-state index in [1.165, 1.54) is 10.4 Å². The topological polar surface area (TPSA) is 47.9 Å². The Morgan fingerprint density at radius 1 is 0.938 bits per heavy atom. The Morgan fingerprint density at radius 2 is 1.53 bits per heavy atom. The van der Waals surface area contributed by atoms with E-state index in [0.717, 1.165) is 19.3 Å². The van der Waals surface area contributed by atoms with Gasteiger partial charge in [-0.15, -0.1) is 0 Å². The molecule has 0 radical (unpaired) electrons. The van der Waals surface area contributed by atoms with Crippen molar-refractivity contribution in [3.63, 3.8) is 0 Å². The van der Waals surface area contributed by atoms with Crippen LogP contribution in [0.25, 0.3) is 0 Å². The third kappa shape index (κ3) is 6.09. The summed E-state index contributed by atoms with van der Waals surface area (Å²) in [5, 5.41) is 12.4. The molecule has 32 heavy (non-hydrogen) atoms. The molecule has 1 saturated carbocycles. The fourth-order valence-corrected chi connectivity index (χ4v) is 9.47. The number of aliphatic hydroxyl groups excluding tert-OH is 1. The standard InChI is InChI=1S/C27H40O4Si/c1-5-29-24(20-30-23-14-12-13-22(28)19-23)21-31-32(27(2,3)4,25-15-8-6-9-16-25)26-17-10-7-11-18-26/h6-11,15-18,22-24,28H,5,12-14,19-21H2,1-4H3/t22-,23+,24?/m1/s1. The second-order valence-corrected chi connectivity index (χ2v) is 14.1. The molecule has 176 valence electrons. The lowest BCUT2D eigenvalue weighted by molar-refractivity contribution is -0.0778. The number of hydrogen-bond acceptors (Lipinski definition) is 4. The Bertz CT molecular complexity index is 751. The van der Waals surface area contributed by atoms with E-state index in [2.05, 4.69) is 81.4 Å². The van der Waals surface area contributed by atoms with Gasteiger partial charge in [0.1, 0.15) is 6.10 Å². The Kier molecular flexibility index (Phi) is 9.09. The molecule has 0 spiro atoms. The van der Waals surface area contributed by atoms with Gasteiger partial charge in [-0.25, -0.2) is 0 Å². The van der Waals surface area contributed by atoms with Crippen LogP contribution in [0.2, 0.25) is 5.04 Å². The molecule has 1 aliphatic carbocycles. The number of rotatable bonds is 10. The van der Waals surface area contributed by atoms with Gasteiger partial charge in [0.2, 0.25) is 0 Å². The van der Waals surface area contributed by atoms with E-state index < -0.39 is 8.32 Å². The zero-order valence-corrected chi connectivity index (χ0v) is 21.1. The van der Waals surface area contributed by atoms with Crippen molar-refractivity contribution < 1.29 is 19.0 Å². The van der Waals surface area contributed by atoms with Crippen LogP contribution in [0.4, 0.5) is 0 Å². The number of ether oxygens (including phenoxy) is 2. The molecule has 0 saturated heterocycles. The molecule has 1 N–H and O–H groups in total. The molecule has 0 aliphatic heterocycles. The molecule has 0 heterocycles. The minimum absolute atomic E-state index is 0.0686. The molecule has 1 unspecified atom stereocenters. The molecule has 4 nitrogen and oxygen atoms in total. The summed E-state index contributed by atoms with van der Waals surface area (Å²) < 4.78 is 19.3. The number of hydrogen-bond donors (Lipinski definition) is 1. The third-order valence-electron chi connectivity index (χ3n) is 6.42. The van der Waals surface area contributed by atoms with Gasteiger partial charge in [0.15, 0.2) is 0 Å². The molecule has 1 fully saturated rings. The first-order chi connectivity index (χ1) is 15.4. The number of benzene rings is 2. The van der Waals surface area contributed by atoms with Crippen LogP contribution in [0.15, 0.2) is 60.7 Å². The van der Waals surface area contributed by atoms with Gasteiger partial charge in [0.25, 0.3) is 8.32 Å². The SMILES string of the molecule is CCOC(CO[C@H]1CCC[C@@H](O)C1)CO[Si](c1ccccc1)(c1ccccc1)C(C)(C)C. The molecule has 2 aromatic rings. The van der Waals surface area contributed by atoms with Gasteiger partial charge in [-0.2, -0.15) is 0 Å². The van der Waals surface area contributed by atoms with Gasteiger partial charge in [-0.05, 0) is 48.0 Å². The summed E-state index contributed by atoms with van der Waals surface area (Å²) in [4.78, 5) is 0. The minimum atomic E-state index is -2.60. The first-order valence-electron chi connectivity index (χ1n) is 12.0. The van der Waals surface area contributed by atoms with Crippen molar-refractivity contribution in [3.05, 3.63) is 60.7 Å². The molecule has 1 aliphatic rings. The molecule has 0 bridgehead atoms. The van der Waals surface area contributed by atoms with Crippen molar-refractivity contribution in [2.75, 3.05) is 19.8 Å². The molecule has 5 heteroatoms. The highest BCUT2D eigenvalue weighted by Crippen LogP contribution is 2.37. The molecule has 2 aromatic carbocycles. The van der Waals surface area contributed by atoms with Gasteiger partial charge in [0.05, 0.1) is 25.4 Å². The first kappa shape index (κ1) is 25.1. The van der Waals surface area contributed by atoms with E-state index in [-0.39, 0.29) is 23.4 Å². The summed E-state index contributed by atoms with van der Waals surface area (Å²) in [6, 6.07) is 21.4. The zero-order chi connectivity index (χ0) is 23.0. The summed E-state index contributed by atoms with van der Waals surface area (Å²) in [6.07, 6.45) is 3.35. The van der Waals surface area contributed by atoms with E-state index in [0.29, 0.717) is 26.2 Å². The van der Waals surface area contributed by atoms with Crippen LogP contribution < -0.4 is 10.4 Å². The lowest BCUT2D eigenvalue weighted by Crippen LogP contribution is -2.67. The summed E-state index contributed by atoms with van der Waals surface area (Å²) >= 11 is 0. The largest absolute Gasteiger partial charge is 0.405 e. The fourth-order valence-electron chi connectivity index (χ4n) is 4.87. The van der Waals surface area contributed by atoms with Crippen LogP contribution in [0.5, 0.6) is 0 Å². The van der Waals surface area contributed by atoms with Gasteiger partial charge < -0.3 is 19.0 Å². The van der Waals surface area contributed by atoms with E-state index in [4.69, 9.17) is 13.9 Å². The van der Waals surface area contributed by atoms with Crippen molar-refractivity contribution in [1.82, 2.24) is 0 Å². The first-order valence-corrected chi connectivity index (χ1v) is 13.9. The average molecular weight is 457 g/mol. The van der Waals surface area contributed by atoms with E-state index in [1.807, 2.05) is 6.92 Å². The summed E-state index contributed by atoms with van der Waals surface area (Å²) in [5.41, 5.74) is 0. The molecule has 0 aromatic heterocycles. The highest BCUT2D eigenvalue weighted by atomic mass is 28.4. The predicted molar refractivity (Wildman–Crippen MR) is 133 cm³/mol. The molecule has 3 rings (SSSR count). The van der Waals surface area contributed by atoms with E-state index in [9.17, 15) is 5.11 Å². The maximum atomic E-state index is 9.97. The molecule has 0 amide bonds. The van der Waals surface area contributed by atoms with Crippen molar-refractivity contribution >= 4 is 18.7 Å². The second kappa shape index (κ2) is 11.6. The second-order valence-electron chi connectivity index (χ2n) is 9.83. The molecular weight excluding hydrogens is 416 g/mol. The Balaban J connectivity index is 1.83. The predicted octanol–water partition coefficient (Wildman–Crippen LogP) is 4.29. The summed E-state index contributed by atoms with van der Waals surface area (Å²) in [5.74, 6) is 0. The van der Waals surface area contributed by atoms with E-state index in [1.54, 1.807) is 0 Å². The normalized spacial score (nSPS) is 20.8. The molecule has 3 atom stereocenters. The average Bonchev–Trinajstić information content (AvgIpc) is 2.78. The zero-order valence-electron chi connectivity index (χ0n) is 20.1. The van der Waals surface area contributed by atoms with Crippen molar-refractivity contribution in [2.24, 2.45) is 0 Å². The quantitative estimate of drug-likeness (QED) is 0.542. The smallest absolute Gasteiger partial charge is 0.261 e. The summed E-state index contributed by atoms with van der Waals surface area (Å²) in [6.45, 7) is 10.5. The van der Waals surface area contributed by atoms with Gasteiger partial charge in [-0.3, -0.25) is 0 Å². The van der Waals surface area contributed by atoms with Crippen molar-refractivity contribution in [1.29, 1.82) is 0 Å². The van der Waals surface area contributed by atoms with Crippen LogP contribution in [0.1, 0.15) is 53.4 Å². The highest BCUT2D eigenvalue weighted by molar-refractivity contribution is 6.99. The highest BCUT2D eigenvalue weighted by Gasteiger charge is 2.50. The third-order valence-corrected chi connectivity index (χ3v) is 11.4. The molecular formula is C27H40O4Si. The van der Waals surface area contributed by atoms with Crippen LogP contribution in [0, 0.1) is 0 Å². The van der Waals surface area contributed by atoms with Crippen molar-refractivity contribution in [3.8, 4) is 0 Å². The van der Waals surface area contributed by atoms with Crippen LogP contribution in [0.3, 0.4) is 0 Å². The number of aliphatic hydroxyl groups is 1. The van der Waals surface area contributed by atoms with Gasteiger partial charge in [-0.1, -0.05) is 81.4 Å². The van der Waals surface area contributed by atoms with Gasteiger partial charge in [0, 0.05) is 6.61 Å². The van der Waals surface area contributed by atoms with Crippen LogP contribution in [-0.4, -0.2) is 51.6 Å². The Labute approximate surface area is 195 Å². The monoisotopic (exact) mass is 456 g/mol. The minimum Gasteiger partial charge on any atom is -0.405 e. The lowest BCUT2D eigenvalue weighted by Gasteiger charge is -2.43. The lowest BCUT2D eigenvalue weighted by atomic mass is 9.95. The fraction of sp³-hybridized carbons (Fsp3) is 0.556. The van der Waals surface area contributed by atoms with Crippen LogP contribution >= 0.6 is 0 Å². The van der Waals surface area contributed by atoms with Crippen molar-refractivity contribution in [2.45, 2.75) is 76.7 Å². The van der Waals surface area contributed by atoms with Gasteiger partial charge >= 0.3 is 0 Å². The summed E-state index contributed by atoms with van der Waals surface area (Å²) in [7, 11) is -2.60. The maximum Gasteiger partial charge on any atom is 0.261 e. The Morgan fingerprint density at radius 3 is 2.03 bits per heavy atom.